The molecule has 0 atom stereocenters. The van der Waals surface area contributed by atoms with E-state index in [0.29, 0.717) is 0 Å². The smallest absolute Gasteiger partial charge is 1.00 e. The number of amides is 1. The Labute approximate surface area is 200 Å². The number of benzene rings is 1. The molecule has 0 bridgehead atoms. The molecule has 2 heterocycles. The molecule has 0 fully saturated rings. The number of pyridine rings is 1. The Kier molecular flexibility index (Phi) is 7.56. The van der Waals surface area contributed by atoms with E-state index in [9.17, 15) is 4.79 Å². The number of thiocarbonyl (C=S) groups is 1. The van der Waals surface area contributed by atoms with Gasteiger partial charge in [-0.3, -0.25) is 25.3 Å². The first-order chi connectivity index (χ1) is 11.5. The Balaban J connectivity index is 0.00000169. The molecule has 0 aliphatic carbocycles. The zero-order chi connectivity index (χ0) is 17.1. The molecule has 0 radical (unpaired) electrons. The normalized spacial score (nSPS) is 10.2. The van der Waals surface area contributed by atoms with Crippen LogP contribution in [-0.2, 0) is 18.3 Å². The quantitative estimate of drug-likeness (QED) is 0.232. The Hall–Kier alpha value is -0.814. The van der Waals surface area contributed by atoms with Gasteiger partial charge in [0.05, 0.1) is 18.1 Å². The topological polar surface area (TPSA) is 71.8 Å². The van der Waals surface area contributed by atoms with Crippen molar-refractivity contribution in [3.8, 4) is 11.1 Å². The molecule has 0 aliphatic rings. The largest absolute Gasteiger partial charge is 1.00 e. The summed E-state index contributed by atoms with van der Waals surface area (Å²) in [7, 11) is 1.87. The van der Waals surface area contributed by atoms with Crippen LogP contribution < -0.4 is 62.2 Å². The summed E-state index contributed by atoms with van der Waals surface area (Å²) in [6.45, 7) is 0. The van der Waals surface area contributed by atoms with Crippen molar-refractivity contribution >= 4 is 46.0 Å². The number of hydrogen-bond acceptors (Lipinski definition) is 4. The van der Waals surface area contributed by atoms with Gasteiger partial charge in [-0.1, -0.05) is 18.3 Å². The van der Waals surface area contributed by atoms with Crippen LogP contribution in [0.25, 0.3) is 22.0 Å². The molecule has 0 saturated carbocycles. The number of aromatic nitrogens is 3. The Bertz CT molecular complexity index is 934. The summed E-state index contributed by atoms with van der Waals surface area (Å²) in [4.78, 5) is 16.3. The summed E-state index contributed by atoms with van der Waals surface area (Å²) in [6.07, 6.45) is 5.79. The second-order valence-corrected chi connectivity index (χ2v) is 6.47. The Morgan fingerprint density at radius 3 is 2.76 bits per heavy atom. The zero-order valence-electron chi connectivity index (χ0n) is 14.9. The molecule has 3 aromatic rings. The molecular formula is C16H16KN5OS2. The summed E-state index contributed by atoms with van der Waals surface area (Å²) in [5.74, 6) is -0.192. The summed E-state index contributed by atoms with van der Waals surface area (Å²) in [6, 6.07) is 7.79. The predicted octanol–water partition coefficient (Wildman–Crippen LogP) is -0.870. The van der Waals surface area contributed by atoms with E-state index in [1.807, 2.05) is 43.7 Å². The molecule has 25 heavy (non-hydrogen) atoms. The van der Waals surface area contributed by atoms with E-state index in [2.05, 4.69) is 33.6 Å². The molecule has 0 aliphatic heterocycles. The van der Waals surface area contributed by atoms with Crippen LogP contribution in [0.5, 0.6) is 0 Å². The first kappa shape index (κ1) is 20.5. The van der Waals surface area contributed by atoms with E-state index in [-0.39, 0.29) is 69.5 Å². The van der Waals surface area contributed by atoms with E-state index in [1.165, 1.54) is 0 Å². The maximum Gasteiger partial charge on any atom is 1.00 e. The molecule has 2 aromatic heterocycles. The van der Waals surface area contributed by atoms with Crippen LogP contribution in [0.3, 0.4) is 0 Å². The molecule has 3 rings (SSSR count). The number of carbonyl (C=O) groups excluding carboxylic acids is 1. The van der Waals surface area contributed by atoms with Gasteiger partial charge in [-0.25, -0.2) is 0 Å². The van der Waals surface area contributed by atoms with Crippen molar-refractivity contribution in [1.29, 1.82) is 0 Å². The van der Waals surface area contributed by atoms with Gasteiger partial charge < -0.3 is 1.43 Å². The molecule has 0 unspecified atom stereocenters. The van der Waals surface area contributed by atoms with Crippen LogP contribution in [-0.4, -0.2) is 25.0 Å². The van der Waals surface area contributed by atoms with Crippen LogP contribution in [0, 0.1) is 0 Å². The maximum atomic E-state index is 11.9. The van der Waals surface area contributed by atoms with Crippen LogP contribution >= 0.6 is 24.8 Å². The fourth-order valence-corrected chi connectivity index (χ4v) is 2.48. The SMILES string of the molecule is Cn1cc(-c2cnc3ccc(CC(=O)NNC(=S)S)cc3c2)cn1.[H-].[K+]. The van der Waals surface area contributed by atoms with E-state index in [4.69, 9.17) is 12.2 Å². The van der Waals surface area contributed by atoms with Gasteiger partial charge in [-0.2, -0.15) is 5.10 Å². The van der Waals surface area contributed by atoms with Gasteiger partial charge in [0, 0.05) is 36.0 Å². The van der Waals surface area contributed by atoms with Gasteiger partial charge in [0.1, 0.15) is 4.32 Å². The monoisotopic (exact) mass is 397 g/mol. The van der Waals surface area contributed by atoms with E-state index < -0.39 is 0 Å². The zero-order valence-corrected chi connectivity index (χ0v) is 18.7. The first-order valence-corrected chi connectivity index (χ1v) is 8.02. The van der Waals surface area contributed by atoms with E-state index in [0.717, 1.165) is 27.6 Å². The van der Waals surface area contributed by atoms with Crippen LogP contribution in [0.2, 0.25) is 0 Å². The van der Waals surface area contributed by atoms with Crippen LogP contribution in [0.4, 0.5) is 0 Å². The summed E-state index contributed by atoms with van der Waals surface area (Å²) >= 11 is 8.61. The number of thiol groups is 1. The van der Waals surface area contributed by atoms with Crippen molar-refractivity contribution in [2.75, 3.05) is 0 Å². The number of fused-ring (bicyclic) bond motifs is 1. The van der Waals surface area contributed by atoms with Gasteiger partial charge in [0.2, 0.25) is 5.91 Å². The predicted molar refractivity (Wildman–Crippen MR) is 102 cm³/mol. The minimum Gasteiger partial charge on any atom is -1.00 e. The molecule has 0 spiro atoms. The average Bonchev–Trinajstić information content (AvgIpc) is 2.99. The molecule has 0 saturated heterocycles. The van der Waals surface area contributed by atoms with Gasteiger partial charge in [0.25, 0.3) is 0 Å². The summed E-state index contributed by atoms with van der Waals surface area (Å²) < 4.78 is 1.96. The fourth-order valence-electron chi connectivity index (χ4n) is 2.37. The van der Waals surface area contributed by atoms with Gasteiger partial charge in [0.15, 0.2) is 0 Å². The summed E-state index contributed by atoms with van der Waals surface area (Å²) in [5, 5.41) is 5.15. The van der Waals surface area contributed by atoms with E-state index in [1.54, 1.807) is 10.9 Å². The van der Waals surface area contributed by atoms with Crippen molar-refractivity contribution in [1.82, 2.24) is 25.6 Å². The molecular weight excluding hydrogens is 381 g/mol. The molecule has 124 valence electrons. The third-order valence-corrected chi connectivity index (χ3v) is 3.67. The summed E-state index contributed by atoms with van der Waals surface area (Å²) in [5.41, 5.74) is 8.74. The molecule has 9 heteroatoms. The number of rotatable bonds is 3. The number of nitrogens with zero attached hydrogens (tertiary/aromatic N) is 3. The third kappa shape index (κ3) is 5.58. The number of aryl methyl sites for hydroxylation is 1. The molecule has 2 N–H and O–H groups in total. The second-order valence-electron chi connectivity index (χ2n) is 5.31. The van der Waals surface area contributed by atoms with E-state index >= 15 is 0 Å². The Morgan fingerprint density at radius 1 is 1.28 bits per heavy atom. The van der Waals surface area contributed by atoms with Crippen LogP contribution in [0.15, 0.2) is 42.9 Å². The number of nitrogens with one attached hydrogen (secondary N) is 2. The standard InChI is InChI=1S/C16H15N5OS2.K.H/c1-21-9-13(8-18-21)12-6-11-4-10(2-3-14(11)17-7-12)5-15(22)19-20-16(23)24;;/h2-4,6-9H,5H2,1H3,(H,19,22)(H2,20,23,24);;/q;+1;-1. The number of hydrogen-bond donors (Lipinski definition) is 3. The van der Waals surface area contributed by atoms with Crippen molar-refractivity contribution in [2.45, 2.75) is 6.42 Å². The van der Waals surface area contributed by atoms with Gasteiger partial charge in [-0.15, -0.1) is 12.6 Å². The van der Waals surface area contributed by atoms with Crippen LogP contribution in [0.1, 0.15) is 6.99 Å². The second kappa shape index (κ2) is 9.22. The van der Waals surface area contributed by atoms with Crippen molar-refractivity contribution < 1.29 is 57.6 Å². The molecule has 6 nitrogen and oxygen atoms in total. The van der Waals surface area contributed by atoms with Gasteiger partial charge in [-0.05, 0) is 23.8 Å². The van der Waals surface area contributed by atoms with Gasteiger partial charge >= 0.3 is 51.4 Å². The average molecular weight is 398 g/mol. The molecule has 1 amide bonds. The third-order valence-electron chi connectivity index (χ3n) is 3.46. The maximum absolute atomic E-state index is 11.9. The minimum atomic E-state index is -0.192. The number of hydrazine groups is 1. The number of carbonyl (C=O) groups is 1. The fraction of sp³-hybridized carbons (Fsp3) is 0.125. The van der Waals surface area contributed by atoms with Crippen molar-refractivity contribution in [3.63, 3.8) is 0 Å². The first-order valence-electron chi connectivity index (χ1n) is 7.17. The minimum absolute atomic E-state index is 0. The van der Waals surface area contributed by atoms with Crippen molar-refractivity contribution in [2.24, 2.45) is 7.05 Å². The molecule has 1 aromatic carbocycles. The Morgan fingerprint density at radius 2 is 2.08 bits per heavy atom. The van der Waals surface area contributed by atoms with Crippen molar-refractivity contribution in [3.05, 3.63) is 48.4 Å².